The molecule has 6 nitrogen and oxygen atoms in total. The number of nitrogens with zero attached hydrogens (tertiary/aromatic N) is 2. The summed E-state index contributed by atoms with van der Waals surface area (Å²) in [5.41, 5.74) is 3.28. The highest BCUT2D eigenvalue weighted by Crippen LogP contribution is 2.21. The average Bonchev–Trinajstić information content (AvgIpc) is 3.09. The van der Waals surface area contributed by atoms with Crippen LogP contribution in [0.15, 0.2) is 48.5 Å². The molecule has 2 aromatic rings. The van der Waals surface area contributed by atoms with Crippen molar-refractivity contribution < 1.29 is 17.9 Å². The van der Waals surface area contributed by atoms with Gasteiger partial charge in [0.15, 0.2) is 9.84 Å². The Hall–Kier alpha value is -2.38. The molecule has 1 heterocycles. The Morgan fingerprint density at radius 1 is 1.10 bits per heavy atom. The second kappa shape index (κ2) is 9.62. The zero-order chi connectivity index (χ0) is 21.7. The first kappa shape index (κ1) is 22.3. The summed E-state index contributed by atoms with van der Waals surface area (Å²) in [6, 6.07) is 15.5. The van der Waals surface area contributed by atoms with Gasteiger partial charge in [-0.05, 0) is 42.2 Å². The normalized spacial score (nSPS) is 17.8. The van der Waals surface area contributed by atoms with E-state index in [4.69, 9.17) is 4.74 Å². The van der Waals surface area contributed by atoms with E-state index in [1.54, 1.807) is 19.1 Å². The summed E-state index contributed by atoms with van der Waals surface area (Å²) in [6.45, 7) is 3.28. The second-order valence-corrected chi connectivity index (χ2v) is 10.2. The van der Waals surface area contributed by atoms with Crippen LogP contribution in [0.5, 0.6) is 5.75 Å². The molecule has 0 aromatic heterocycles. The summed E-state index contributed by atoms with van der Waals surface area (Å²) in [5.74, 6) is 1.04. The summed E-state index contributed by atoms with van der Waals surface area (Å²) >= 11 is 0. The second-order valence-electron chi connectivity index (χ2n) is 7.99. The van der Waals surface area contributed by atoms with Gasteiger partial charge in [0.05, 0.1) is 25.2 Å². The Kier molecular flexibility index (Phi) is 7.15. The first-order valence-corrected chi connectivity index (χ1v) is 12.0. The molecule has 1 atom stereocenters. The van der Waals surface area contributed by atoms with Crippen molar-refractivity contribution in [2.45, 2.75) is 32.5 Å². The Balaban J connectivity index is 1.72. The van der Waals surface area contributed by atoms with Gasteiger partial charge in [-0.3, -0.25) is 9.69 Å². The highest BCUT2D eigenvalue weighted by molar-refractivity contribution is 7.91. The van der Waals surface area contributed by atoms with Crippen LogP contribution in [0, 0.1) is 6.92 Å². The minimum absolute atomic E-state index is 0.0175. The molecule has 1 unspecified atom stereocenters. The van der Waals surface area contributed by atoms with Crippen molar-refractivity contribution in [3.05, 3.63) is 65.2 Å². The van der Waals surface area contributed by atoms with Crippen LogP contribution in [0.3, 0.4) is 0 Å². The highest BCUT2D eigenvalue weighted by atomic mass is 32.2. The molecule has 162 valence electrons. The van der Waals surface area contributed by atoms with Crippen LogP contribution in [-0.4, -0.2) is 62.4 Å². The van der Waals surface area contributed by atoms with Gasteiger partial charge in [-0.2, -0.15) is 0 Å². The topological polar surface area (TPSA) is 66.9 Å². The molecule has 2 aromatic carbocycles. The summed E-state index contributed by atoms with van der Waals surface area (Å²) in [6.07, 6.45) is 0.563. The molecule has 0 spiro atoms. The molecule has 7 heteroatoms. The van der Waals surface area contributed by atoms with Crippen LogP contribution < -0.4 is 4.74 Å². The standard InChI is InChI=1S/C23H30N2O4S/c1-18-6-4-5-7-20(18)15-24(2)23(26)16-25(21-12-13-30(27,28)17-21)14-19-8-10-22(29-3)11-9-19/h4-11,21H,12-17H2,1-3H3. The average molecular weight is 431 g/mol. The maximum Gasteiger partial charge on any atom is 0.236 e. The lowest BCUT2D eigenvalue weighted by molar-refractivity contribution is -0.132. The number of hydrogen-bond acceptors (Lipinski definition) is 5. The zero-order valence-corrected chi connectivity index (χ0v) is 18.7. The van der Waals surface area contributed by atoms with Gasteiger partial charge in [-0.15, -0.1) is 0 Å². The lowest BCUT2D eigenvalue weighted by Gasteiger charge is -2.30. The van der Waals surface area contributed by atoms with Crippen LogP contribution >= 0.6 is 0 Å². The molecule has 0 radical (unpaired) electrons. The maximum atomic E-state index is 13.0. The predicted molar refractivity (Wildman–Crippen MR) is 118 cm³/mol. The number of ether oxygens (including phenoxy) is 1. The maximum absolute atomic E-state index is 13.0. The molecule has 0 aliphatic carbocycles. The number of aryl methyl sites for hydroxylation is 1. The van der Waals surface area contributed by atoms with E-state index >= 15 is 0 Å². The number of rotatable bonds is 8. The van der Waals surface area contributed by atoms with E-state index in [1.165, 1.54) is 0 Å². The molecular formula is C23H30N2O4S. The van der Waals surface area contributed by atoms with Crippen molar-refractivity contribution in [3.8, 4) is 5.75 Å². The first-order chi connectivity index (χ1) is 14.3. The molecular weight excluding hydrogens is 400 g/mol. The highest BCUT2D eigenvalue weighted by Gasteiger charge is 2.33. The molecule has 30 heavy (non-hydrogen) atoms. The summed E-state index contributed by atoms with van der Waals surface area (Å²) in [7, 11) is 0.376. The van der Waals surface area contributed by atoms with Gasteiger partial charge in [0.2, 0.25) is 5.91 Å². The van der Waals surface area contributed by atoms with Crippen LogP contribution in [0.1, 0.15) is 23.1 Å². The van der Waals surface area contributed by atoms with Gasteiger partial charge in [-0.1, -0.05) is 36.4 Å². The predicted octanol–water partition coefficient (Wildman–Crippen LogP) is 2.65. The lowest BCUT2D eigenvalue weighted by atomic mass is 10.1. The van der Waals surface area contributed by atoms with Crippen LogP contribution in [0.4, 0.5) is 0 Å². The first-order valence-electron chi connectivity index (χ1n) is 10.1. The fraction of sp³-hybridized carbons (Fsp3) is 0.435. The van der Waals surface area contributed by atoms with E-state index in [0.29, 0.717) is 19.5 Å². The van der Waals surface area contributed by atoms with Crippen LogP contribution in [0.2, 0.25) is 0 Å². The van der Waals surface area contributed by atoms with Gasteiger partial charge < -0.3 is 9.64 Å². The van der Waals surface area contributed by atoms with E-state index < -0.39 is 9.84 Å². The van der Waals surface area contributed by atoms with Gasteiger partial charge in [0.1, 0.15) is 5.75 Å². The molecule has 1 fully saturated rings. The lowest BCUT2D eigenvalue weighted by Crippen LogP contribution is -2.43. The van der Waals surface area contributed by atoms with Gasteiger partial charge >= 0.3 is 0 Å². The number of carbonyl (C=O) groups is 1. The van der Waals surface area contributed by atoms with E-state index in [-0.39, 0.29) is 30.0 Å². The fourth-order valence-corrected chi connectivity index (χ4v) is 5.53. The number of carbonyl (C=O) groups excluding carboxylic acids is 1. The van der Waals surface area contributed by atoms with E-state index in [9.17, 15) is 13.2 Å². The third-order valence-electron chi connectivity index (χ3n) is 5.70. The van der Waals surface area contributed by atoms with Crippen molar-refractivity contribution in [2.75, 3.05) is 32.2 Å². The Labute approximate surface area is 179 Å². The number of hydrogen-bond donors (Lipinski definition) is 0. The molecule has 1 aliphatic rings. The van der Waals surface area contributed by atoms with E-state index in [0.717, 1.165) is 22.4 Å². The fourth-order valence-electron chi connectivity index (χ4n) is 3.77. The minimum atomic E-state index is -3.04. The molecule has 0 N–H and O–H groups in total. The van der Waals surface area contributed by atoms with Crippen molar-refractivity contribution in [1.82, 2.24) is 9.80 Å². The number of methoxy groups -OCH3 is 1. The molecule has 1 amide bonds. The Bertz CT molecular complexity index is 973. The van der Waals surface area contributed by atoms with Gasteiger partial charge in [0.25, 0.3) is 0 Å². The minimum Gasteiger partial charge on any atom is -0.497 e. The number of amides is 1. The third kappa shape index (κ3) is 5.83. The summed E-state index contributed by atoms with van der Waals surface area (Å²) in [4.78, 5) is 16.7. The molecule has 0 saturated carbocycles. The van der Waals surface area contributed by atoms with Crippen LogP contribution in [-0.2, 0) is 27.7 Å². The summed E-state index contributed by atoms with van der Waals surface area (Å²) in [5, 5.41) is 0. The van der Waals surface area contributed by atoms with Crippen molar-refractivity contribution in [3.63, 3.8) is 0 Å². The van der Waals surface area contributed by atoms with Crippen molar-refractivity contribution >= 4 is 15.7 Å². The number of benzene rings is 2. The molecule has 1 saturated heterocycles. The van der Waals surface area contributed by atoms with Gasteiger partial charge in [0, 0.05) is 26.2 Å². The zero-order valence-electron chi connectivity index (χ0n) is 17.9. The molecule has 1 aliphatic heterocycles. The Morgan fingerprint density at radius 3 is 2.40 bits per heavy atom. The summed E-state index contributed by atoms with van der Waals surface area (Å²) < 4.78 is 29.3. The molecule has 0 bridgehead atoms. The monoisotopic (exact) mass is 430 g/mol. The number of sulfone groups is 1. The third-order valence-corrected chi connectivity index (χ3v) is 7.45. The molecule has 3 rings (SSSR count). The number of likely N-dealkylation sites (N-methyl/N-ethyl adjacent to an activating group) is 1. The van der Waals surface area contributed by atoms with E-state index in [2.05, 4.69) is 0 Å². The smallest absolute Gasteiger partial charge is 0.236 e. The van der Waals surface area contributed by atoms with E-state index in [1.807, 2.05) is 60.4 Å². The van der Waals surface area contributed by atoms with Crippen molar-refractivity contribution in [2.24, 2.45) is 0 Å². The largest absolute Gasteiger partial charge is 0.497 e. The SMILES string of the molecule is COc1ccc(CN(CC(=O)N(C)Cc2ccccc2C)C2CCS(=O)(=O)C2)cc1. The van der Waals surface area contributed by atoms with Gasteiger partial charge in [-0.25, -0.2) is 8.42 Å². The van der Waals surface area contributed by atoms with Crippen LogP contribution in [0.25, 0.3) is 0 Å². The van der Waals surface area contributed by atoms with Crippen molar-refractivity contribution in [1.29, 1.82) is 0 Å². The Morgan fingerprint density at radius 2 is 1.80 bits per heavy atom. The quantitative estimate of drug-likeness (QED) is 0.644.